The van der Waals surface area contributed by atoms with E-state index in [0.717, 1.165) is 0 Å². The molecular formula is C8H5F2N3O3. The van der Waals surface area contributed by atoms with Gasteiger partial charge in [-0.05, 0) is 16.0 Å². The summed E-state index contributed by atoms with van der Waals surface area (Å²) in [4.78, 5) is 12.6. The summed E-state index contributed by atoms with van der Waals surface area (Å²) in [5.41, 5.74) is -1.53. The molecule has 0 aromatic carbocycles. The highest BCUT2D eigenvalue weighted by Gasteiger charge is 2.26. The molecule has 1 aromatic rings. The zero-order valence-corrected chi connectivity index (χ0v) is 7.72. The van der Waals surface area contributed by atoms with Gasteiger partial charge in [0.25, 0.3) is 6.43 Å². The normalized spacial score (nSPS) is 10.2. The van der Waals surface area contributed by atoms with Crippen LogP contribution in [0.3, 0.4) is 0 Å². The van der Waals surface area contributed by atoms with Crippen LogP contribution in [0.25, 0.3) is 0 Å². The molecule has 8 heteroatoms. The number of nitriles is 1. The van der Waals surface area contributed by atoms with Gasteiger partial charge < -0.3 is 15.2 Å². The first-order valence-electron chi connectivity index (χ1n) is 3.98. The van der Waals surface area contributed by atoms with Crippen molar-refractivity contribution < 1.29 is 18.8 Å². The largest absolute Gasteiger partial charge is 0.388 e. The zero-order chi connectivity index (χ0) is 12.3. The van der Waals surface area contributed by atoms with Crippen LogP contribution in [0.2, 0.25) is 0 Å². The third-order valence-corrected chi connectivity index (χ3v) is 1.79. The average Bonchev–Trinajstić information content (AvgIpc) is 2.26. The van der Waals surface area contributed by atoms with Crippen molar-refractivity contribution in [3.8, 4) is 6.07 Å². The Labute approximate surface area is 87.9 Å². The molecule has 0 radical (unpaired) electrons. The summed E-state index contributed by atoms with van der Waals surface area (Å²) in [6, 6.07) is 2.20. The molecule has 1 heterocycles. The molecule has 1 rings (SSSR count). The number of nitro groups is 1. The number of alkyl halides is 2. The van der Waals surface area contributed by atoms with Gasteiger partial charge in [-0.3, -0.25) is 0 Å². The van der Waals surface area contributed by atoms with E-state index in [9.17, 15) is 18.9 Å². The van der Waals surface area contributed by atoms with Crippen LogP contribution in [-0.2, 0) is 6.61 Å². The van der Waals surface area contributed by atoms with Gasteiger partial charge >= 0.3 is 5.82 Å². The summed E-state index contributed by atoms with van der Waals surface area (Å²) < 4.78 is 24.8. The van der Waals surface area contributed by atoms with Gasteiger partial charge in [0.15, 0.2) is 5.69 Å². The summed E-state index contributed by atoms with van der Waals surface area (Å²) in [6.45, 7) is -0.729. The molecule has 0 aliphatic heterocycles. The monoisotopic (exact) mass is 229 g/mol. The molecular weight excluding hydrogens is 224 g/mol. The van der Waals surface area contributed by atoms with Crippen molar-refractivity contribution in [1.82, 2.24) is 4.98 Å². The van der Waals surface area contributed by atoms with Gasteiger partial charge in [-0.25, -0.2) is 8.78 Å². The number of aliphatic hydroxyl groups excluding tert-OH is 1. The van der Waals surface area contributed by atoms with Crippen LogP contribution in [0.5, 0.6) is 0 Å². The maximum absolute atomic E-state index is 12.4. The van der Waals surface area contributed by atoms with Crippen molar-refractivity contribution in [3.63, 3.8) is 0 Å². The van der Waals surface area contributed by atoms with Gasteiger partial charge in [-0.2, -0.15) is 5.26 Å². The number of pyridine rings is 1. The predicted octanol–water partition coefficient (Wildman–Crippen LogP) is 1.29. The minimum atomic E-state index is -3.10. The van der Waals surface area contributed by atoms with Crippen LogP contribution in [-0.4, -0.2) is 15.0 Å². The summed E-state index contributed by atoms with van der Waals surface area (Å²) in [5, 5.41) is 27.8. The van der Waals surface area contributed by atoms with Crippen LogP contribution >= 0.6 is 0 Å². The Bertz CT molecular complexity index is 470. The van der Waals surface area contributed by atoms with E-state index in [1.54, 1.807) is 0 Å². The van der Waals surface area contributed by atoms with E-state index in [2.05, 4.69) is 4.98 Å². The van der Waals surface area contributed by atoms with Gasteiger partial charge in [-0.1, -0.05) is 0 Å². The average molecular weight is 229 g/mol. The first-order chi connectivity index (χ1) is 7.51. The van der Waals surface area contributed by atoms with Crippen LogP contribution in [0.4, 0.5) is 14.6 Å². The molecule has 6 nitrogen and oxygen atoms in total. The van der Waals surface area contributed by atoms with Crippen molar-refractivity contribution >= 4 is 5.82 Å². The Morgan fingerprint density at radius 2 is 2.31 bits per heavy atom. The van der Waals surface area contributed by atoms with E-state index in [0.29, 0.717) is 6.07 Å². The lowest BCUT2D eigenvalue weighted by molar-refractivity contribution is -0.391. The number of rotatable bonds is 3. The van der Waals surface area contributed by atoms with Crippen molar-refractivity contribution in [2.24, 2.45) is 0 Å². The van der Waals surface area contributed by atoms with Crippen molar-refractivity contribution in [2.75, 3.05) is 0 Å². The lowest BCUT2D eigenvalue weighted by atomic mass is 10.1. The standard InChI is InChI=1S/C8H5F2N3O3/c9-7(10)5-1-4(2-11)6(3-14)12-8(5)13(15)16/h1,7,14H,3H2. The summed E-state index contributed by atoms with van der Waals surface area (Å²) in [5.74, 6) is -1.04. The molecule has 0 saturated carbocycles. The quantitative estimate of drug-likeness (QED) is 0.621. The second-order valence-electron chi connectivity index (χ2n) is 2.72. The summed E-state index contributed by atoms with van der Waals surface area (Å²) in [6.07, 6.45) is -3.10. The van der Waals surface area contributed by atoms with Crippen LogP contribution in [0.15, 0.2) is 6.07 Å². The van der Waals surface area contributed by atoms with E-state index in [1.165, 1.54) is 6.07 Å². The fourth-order valence-electron chi connectivity index (χ4n) is 1.08. The minimum absolute atomic E-state index is 0.293. The van der Waals surface area contributed by atoms with E-state index in [1.807, 2.05) is 0 Å². The Hall–Kier alpha value is -2.14. The van der Waals surface area contributed by atoms with E-state index < -0.39 is 29.3 Å². The Morgan fingerprint density at radius 3 is 2.69 bits per heavy atom. The molecule has 0 amide bonds. The Kier molecular flexibility index (Phi) is 3.42. The molecule has 1 N–H and O–H groups in total. The Morgan fingerprint density at radius 1 is 1.69 bits per heavy atom. The van der Waals surface area contributed by atoms with E-state index in [4.69, 9.17) is 10.4 Å². The number of nitrogens with zero attached hydrogens (tertiary/aromatic N) is 3. The number of hydrogen-bond acceptors (Lipinski definition) is 5. The van der Waals surface area contributed by atoms with Gasteiger partial charge in [0.05, 0.1) is 0 Å². The van der Waals surface area contributed by atoms with Gasteiger partial charge in [-0.15, -0.1) is 0 Å². The smallest absolute Gasteiger partial charge is 0.372 e. The highest BCUT2D eigenvalue weighted by atomic mass is 19.3. The molecule has 0 spiro atoms. The molecule has 16 heavy (non-hydrogen) atoms. The molecule has 0 atom stereocenters. The second kappa shape index (κ2) is 4.59. The molecule has 0 saturated heterocycles. The predicted molar refractivity (Wildman–Crippen MR) is 46.5 cm³/mol. The Balaban J connectivity index is 3.49. The van der Waals surface area contributed by atoms with Crippen molar-refractivity contribution in [2.45, 2.75) is 13.0 Å². The van der Waals surface area contributed by atoms with E-state index >= 15 is 0 Å². The molecule has 0 aliphatic rings. The van der Waals surface area contributed by atoms with Crippen molar-refractivity contribution in [3.05, 3.63) is 33.0 Å². The fraction of sp³-hybridized carbons (Fsp3) is 0.250. The van der Waals surface area contributed by atoms with Crippen LogP contribution in [0, 0.1) is 21.4 Å². The first kappa shape index (κ1) is 11.9. The maximum atomic E-state index is 12.4. The van der Waals surface area contributed by atoms with Gasteiger partial charge in [0.2, 0.25) is 0 Å². The van der Waals surface area contributed by atoms with Gasteiger partial charge in [0, 0.05) is 0 Å². The fourth-order valence-corrected chi connectivity index (χ4v) is 1.08. The third-order valence-electron chi connectivity index (χ3n) is 1.79. The topological polar surface area (TPSA) is 100 Å². The highest BCUT2D eigenvalue weighted by molar-refractivity contribution is 5.44. The lowest BCUT2D eigenvalue weighted by Gasteiger charge is -2.03. The molecule has 84 valence electrons. The highest BCUT2D eigenvalue weighted by Crippen LogP contribution is 2.28. The van der Waals surface area contributed by atoms with Crippen LogP contribution < -0.4 is 0 Å². The summed E-state index contributed by atoms with van der Waals surface area (Å²) >= 11 is 0. The zero-order valence-electron chi connectivity index (χ0n) is 7.72. The lowest BCUT2D eigenvalue weighted by Crippen LogP contribution is -2.05. The number of halogens is 2. The second-order valence-corrected chi connectivity index (χ2v) is 2.72. The maximum Gasteiger partial charge on any atom is 0.372 e. The van der Waals surface area contributed by atoms with Crippen molar-refractivity contribution in [1.29, 1.82) is 5.26 Å². The number of aliphatic hydroxyl groups is 1. The van der Waals surface area contributed by atoms with Crippen LogP contribution in [0.1, 0.15) is 23.2 Å². The number of hydrogen-bond donors (Lipinski definition) is 1. The number of aromatic nitrogens is 1. The molecule has 0 aliphatic carbocycles. The van der Waals surface area contributed by atoms with E-state index in [-0.39, 0.29) is 11.3 Å². The summed E-state index contributed by atoms with van der Waals surface area (Å²) in [7, 11) is 0. The first-order valence-corrected chi connectivity index (χ1v) is 3.98. The molecule has 0 bridgehead atoms. The minimum Gasteiger partial charge on any atom is -0.388 e. The third kappa shape index (κ3) is 2.09. The molecule has 0 fully saturated rings. The molecule has 1 aromatic heterocycles. The SMILES string of the molecule is N#Cc1cc(C(F)F)c([N+](=O)[O-])nc1CO. The molecule has 0 unspecified atom stereocenters. The van der Waals surface area contributed by atoms with Gasteiger partial charge in [0.1, 0.15) is 23.8 Å².